The maximum absolute atomic E-state index is 3.44. The number of rotatable bonds is 3. The molecule has 19 heavy (non-hydrogen) atoms. The molecule has 2 heterocycles. The van der Waals surface area contributed by atoms with Crippen molar-refractivity contribution >= 4 is 5.69 Å². The van der Waals surface area contributed by atoms with E-state index >= 15 is 0 Å². The van der Waals surface area contributed by atoms with Gasteiger partial charge in [0.05, 0.1) is 0 Å². The molecule has 2 nitrogen and oxygen atoms in total. The smallest absolute Gasteiger partial charge is 0.0373 e. The van der Waals surface area contributed by atoms with Crippen LogP contribution in [-0.4, -0.2) is 30.6 Å². The minimum Gasteiger partial charge on any atom is -0.384 e. The molecule has 0 bridgehead atoms. The first-order chi connectivity index (χ1) is 9.22. The molecule has 1 unspecified atom stereocenters. The Balaban J connectivity index is 1.61. The van der Waals surface area contributed by atoms with E-state index in [1.807, 2.05) is 0 Å². The largest absolute Gasteiger partial charge is 0.384 e. The first-order valence-corrected chi connectivity index (χ1v) is 7.82. The Morgan fingerprint density at radius 1 is 1.32 bits per heavy atom. The third-order valence-electron chi connectivity index (χ3n) is 4.85. The summed E-state index contributed by atoms with van der Waals surface area (Å²) in [5.41, 5.74) is 4.37. The first kappa shape index (κ1) is 13.0. The van der Waals surface area contributed by atoms with Crippen LogP contribution in [0.4, 0.5) is 5.69 Å². The second-order valence-electron chi connectivity index (χ2n) is 6.44. The Morgan fingerprint density at radius 3 is 2.89 bits per heavy atom. The number of anilines is 1. The van der Waals surface area contributed by atoms with Crippen LogP contribution in [0.2, 0.25) is 0 Å². The Bertz CT molecular complexity index is 433. The van der Waals surface area contributed by atoms with Gasteiger partial charge in [-0.1, -0.05) is 19.1 Å². The number of hydrogen-bond donors (Lipinski definition) is 1. The summed E-state index contributed by atoms with van der Waals surface area (Å²) in [6, 6.07) is 7.67. The highest BCUT2D eigenvalue weighted by atomic mass is 15.2. The monoisotopic (exact) mass is 258 g/mol. The lowest BCUT2D eigenvalue weighted by Crippen LogP contribution is -2.40. The fraction of sp³-hybridized carbons (Fsp3) is 0.647. The zero-order valence-electron chi connectivity index (χ0n) is 12.3. The highest BCUT2D eigenvalue weighted by Crippen LogP contribution is 2.25. The summed E-state index contributed by atoms with van der Waals surface area (Å²) in [4.78, 5) is 2.67. The fourth-order valence-corrected chi connectivity index (χ4v) is 3.42. The Hall–Kier alpha value is -1.02. The molecule has 0 saturated carbocycles. The highest BCUT2D eigenvalue weighted by molar-refractivity contribution is 5.56. The number of benzene rings is 1. The second kappa shape index (κ2) is 5.54. The molecule has 0 radical (unpaired) electrons. The van der Waals surface area contributed by atoms with E-state index in [0.717, 1.165) is 12.5 Å². The van der Waals surface area contributed by atoms with Gasteiger partial charge in [-0.2, -0.15) is 0 Å². The molecule has 1 saturated heterocycles. The summed E-state index contributed by atoms with van der Waals surface area (Å²) in [6.45, 7) is 8.46. The van der Waals surface area contributed by atoms with Crippen LogP contribution in [0.25, 0.3) is 0 Å². The summed E-state index contributed by atoms with van der Waals surface area (Å²) in [6.07, 6.45) is 5.14. The van der Waals surface area contributed by atoms with Crippen LogP contribution in [0, 0.1) is 5.92 Å². The van der Waals surface area contributed by atoms with Gasteiger partial charge in [-0.15, -0.1) is 0 Å². The maximum atomic E-state index is 3.44. The molecule has 104 valence electrons. The summed E-state index contributed by atoms with van der Waals surface area (Å²) in [5, 5.41) is 3.44. The van der Waals surface area contributed by atoms with Gasteiger partial charge in [0.1, 0.15) is 0 Å². The van der Waals surface area contributed by atoms with Gasteiger partial charge in [-0.3, -0.25) is 0 Å². The standard InChI is InChI=1S/C17H26N2/c1-13-6-9-19(10-7-13)14(2)11-15-3-4-17-16(12-15)5-8-18-17/h3-4,12-14,18H,5-11H2,1-2H3. The zero-order chi connectivity index (χ0) is 13.2. The Kier molecular flexibility index (Phi) is 3.79. The molecule has 1 fully saturated rings. The van der Waals surface area contributed by atoms with Crippen molar-refractivity contribution in [1.29, 1.82) is 0 Å². The van der Waals surface area contributed by atoms with E-state index in [4.69, 9.17) is 0 Å². The van der Waals surface area contributed by atoms with Gasteiger partial charge in [-0.25, -0.2) is 0 Å². The lowest BCUT2D eigenvalue weighted by atomic mass is 9.96. The molecule has 3 rings (SSSR count). The van der Waals surface area contributed by atoms with E-state index < -0.39 is 0 Å². The number of nitrogens with zero attached hydrogens (tertiary/aromatic N) is 1. The van der Waals surface area contributed by atoms with Crippen LogP contribution in [0.15, 0.2) is 18.2 Å². The average Bonchev–Trinajstić information content (AvgIpc) is 2.87. The Morgan fingerprint density at radius 2 is 2.11 bits per heavy atom. The summed E-state index contributed by atoms with van der Waals surface area (Å²) in [5.74, 6) is 0.925. The van der Waals surface area contributed by atoms with Gasteiger partial charge in [0.2, 0.25) is 0 Å². The number of nitrogens with one attached hydrogen (secondary N) is 1. The number of piperidine rings is 1. The van der Waals surface area contributed by atoms with Crippen LogP contribution in [-0.2, 0) is 12.8 Å². The molecule has 0 aromatic heterocycles. The summed E-state index contributed by atoms with van der Waals surface area (Å²) in [7, 11) is 0. The van der Waals surface area contributed by atoms with Crippen molar-refractivity contribution in [3.63, 3.8) is 0 Å². The fourth-order valence-electron chi connectivity index (χ4n) is 3.42. The average molecular weight is 258 g/mol. The molecular formula is C17H26N2. The van der Waals surface area contributed by atoms with E-state index in [0.29, 0.717) is 6.04 Å². The lowest BCUT2D eigenvalue weighted by Gasteiger charge is -2.35. The van der Waals surface area contributed by atoms with E-state index in [2.05, 4.69) is 42.3 Å². The van der Waals surface area contributed by atoms with Crippen LogP contribution in [0.3, 0.4) is 0 Å². The molecule has 0 aliphatic carbocycles. The van der Waals surface area contributed by atoms with Crippen molar-refractivity contribution in [2.24, 2.45) is 5.92 Å². The molecule has 1 N–H and O–H groups in total. The van der Waals surface area contributed by atoms with Gasteiger partial charge >= 0.3 is 0 Å². The normalized spacial score (nSPS) is 22.0. The van der Waals surface area contributed by atoms with Crippen LogP contribution in [0.5, 0.6) is 0 Å². The predicted octanol–water partition coefficient (Wildman–Crippen LogP) is 3.32. The van der Waals surface area contributed by atoms with Crippen LogP contribution >= 0.6 is 0 Å². The zero-order valence-corrected chi connectivity index (χ0v) is 12.3. The maximum Gasteiger partial charge on any atom is 0.0373 e. The van der Waals surface area contributed by atoms with Crippen molar-refractivity contribution in [2.75, 3.05) is 25.0 Å². The third-order valence-corrected chi connectivity index (χ3v) is 4.85. The molecular weight excluding hydrogens is 232 g/mol. The number of fused-ring (bicyclic) bond motifs is 1. The quantitative estimate of drug-likeness (QED) is 0.894. The summed E-state index contributed by atoms with van der Waals surface area (Å²) < 4.78 is 0. The first-order valence-electron chi connectivity index (χ1n) is 7.82. The van der Waals surface area contributed by atoms with Crippen LogP contribution < -0.4 is 5.32 Å². The van der Waals surface area contributed by atoms with Gasteiger partial charge in [0.15, 0.2) is 0 Å². The van der Waals surface area contributed by atoms with Gasteiger partial charge in [0.25, 0.3) is 0 Å². The van der Waals surface area contributed by atoms with E-state index in [1.165, 1.54) is 55.6 Å². The van der Waals surface area contributed by atoms with Crippen molar-refractivity contribution in [3.05, 3.63) is 29.3 Å². The van der Waals surface area contributed by atoms with Crippen LogP contribution in [0.1, 0.15) is 37.8 Å². The van der Waals surface area contributed by atoms with E-state index in [9.17, 15) is 0 Å². The SMILES string of the molecule is CC1CCN(C(C)Cc2ccc3c(c2)CCN3)CC1. The molecule has 2 aliphatic heterocycles. The van der Waals surface area contributed by atoms with Crippen molar-refractivity contribution in [1.82, 2.24) is 4.90 Å². The van der Waals surface area contributed by atoms with E-state index in [1.54, 1.807) is 0 Å². The van der Waals surface area contributed by atoms with Gasteiger partial charge < -0.3 is 10.2 Å². The van der Waals surface area contributed by atoms with Gasteiger partial charge in [-0.05, 0) is 68.8 Å². The van der Waals surface area contributed by atoms with Crippen molar-refractivity contribution in [2.45, 2.75) is 45.6 Å². The molecule has 1 aromatic carbocycles. The Labute approximate surface area is 117 Å². The predicted molar refractivity (Wildman–Crippen MR) is 81.8 cm³/mol. The van der Waals surface area contributed by atoms with Gasteiger partial charge in [0, 0.05) is 18.3 Å². The van der Waals surface area contributed by atoms with Crippen molar-refractivity contribution in [3.8, 4) is 0 Å². The molecule has 1 atom stereocenters. The minimum atomic E-state index is 0.680. The topological polar surface area (TPSA) is 15.3 Å². The highest BCUT2D eigenvalue weighted by Gasteiger charge is 2.20. The minimum absolute atomic E-state index is 0.680. The third kappa shape index (κ3) is 2.94. The van der Waals surface area contributed by atoms with E-state index in [-0.39, 0.29) is 0 Å². The molecule has 0 spiro atoms. The molecule has 1 aromatic rings. The molecule has 0 amide bonds. The van der Waals surface area contributed by atoms with Crippen molar-refractivity contribution < 1.29 is 0 Å². The second-order valence-corrected chi connectivity index (χ2v) is 6.44. The number of hydrogen-bond acceptors (Lipinski definition) is 2. The number of likely N-dealkylation sites (tertiary alicyclic amines) is 1. The molecule has 2 heteroatoms. The lowest BCUT2D eigenvalue weighted by molar-refractivity contribution is 0.146. The summed E-state index contributed by atoms with van der Waals surface area (Å²) >= 11 is 0. The molecule has 2 aliphatic rings.